The molecular formula is C10H20N2O2. The molecule has 0 aliphatic carbocycles. The van der Waals surface area contributed by atoms with Gasteiger partial charge in [0.25, 0.3) is 0 Å². The van der Waals surface area contributed by atoms with E-state index in [2.05, 4.69) is 5.32 Å². The summed E-state index contributed by atoms with van der Waals surface area (Å²) >= 11 is 0. The minimum absolute atomic E-state index is 0.187. The Morgan fingerprint density at radius 1 is 1.64 bits per heavy atom. The summed E-state index contributed by atoms with van der Waals surface area (Å²) in [6.45, 7) is 5.93. The zero-order chi connectivity index (χ0) is 10.4. The Morgan fingerprint density at radius 2 is 2.43 bits per heavy atom. The highest BCUT2D eigenvalue weighted by Crippen LogP contribution is 2.11. The fourth-order valence-electron chi connectivity index (χ4n) is 1.75. The zero-order valence-electron chi connectivity index (χ0n) is 9.08. The molecule has 0 aromatic heterocycles. The van der Waals surface area contributed by atoms with Crippen molar-refractivity contribution in [1.29, 1.82) is 0 Å². The number of nitrogens with one attached hydrogen (secondary N) is 1. The highest BCUT2D eigenvalue weighted by Gasteiger charge is 2.25. The first-order valence-electron chi connectivity index (χ1n) is 5.28. The topological polar surface area (TPSA) is 41.6 Å². The molecule has 0 saturated carbocycles. The summed E-state index contributed by atoms with van der Waals surface area (Å²) in [5.41, 5.74) is 0. The number of ether oxygens (including phenoxy) is 1. The Balaban J connectivity index is 2.37. The lowest BCUT2D eigenvalue weighted by atomic mass is 10.1. The van der Waals surface area contributed by atoms with Crippen LogP contribution in [0.15, 0.2) is 0 Å². The van der Waals surface area contributed by atoms with Crippen LogP contribution in [0.4, 0.5) is 0 Å². The predicted octanol–water partition coefficient (Wildman–Crippen LogP) is 0.0908. The first-order chi connectivity index (χ1) is 6.79. The van der Waals surface area contributed by atoms with Crippen molar-refractivity contribution in [1.82, 2.24) is 10.2 Å². The molecule has 14 heavy (non-hydrogen) atoms. The van der Waals surface area contributed by atoms with Gasteiger partial charge in [0.2, 0.25) is 5.91 Å². The largest absolute Gasteiger partial charge is 0.383 e. The lowest BCUT2D eigenvalue weighted by Gasteiger charge is -2.23. The van der Waals surface area contributed by atoms with Crippen LogP contribution in [-0.2, 0) is 9.53 Å². The first kappa shape index (κ1) is 11.5. The van der Waals surface area contributed by atoms with Gasteiger partial charge in [0.05, 0.1) is 12.5 Å². The summed E-state index contributed by atoms with van der Waals surface area (Å²) < 4.78 is 4.98. The summed E-state index contributed by atoms with van der Waals surface area (Å²) in [7, 11) is 1.66. The molecule has 4 heteroatoms. The SMILES string of the molecule is CCN(CCOC)C(=O)C1CCNC1. The second-order valence-electron chi connectivity index (χ2n) is 3.60. The summed E-state index contributed by atoms with van der Waals surface area (Å²) in [6, 6.07) is 0. The molecule has 0 radical (unpaired) electrons. The van der Waals surface area contributed by atoms with Gasteiger partial charge in [0.15, 0.2) is 0 Å². The predicted molar refractivity (Wildman–Crippen MR) is 55.1 cm³/mol. The van der Waals surface area contributed by atoms with Gasteiger partial charge in [-0.25, -0.2) is 0 Å². The van der Waals surface area contributed by atoms with Gasteiger partial charge < -0.3 is 15.0 Å². The van der Waals surface area contributed by atoms with E-state index in [1.165, 1.54) is 0 Å². The number of carbonyl (C=O) groups excluding carboxylic acids is 1. The number of likely N-dealkylation sites (N-methyl/N-ethyl adjacent to an activating group) is 1. The van der Waals surface area contributed by atoms with Crippen LogP contribution in [0.25, 0.3) is 0 Å². The summed E-state index contributed by atoms with van der Waals surface area (Å²) in [5.74, 6) is 0.460. The molecule has 1 aliphatic rings. The summed E-state index contributed by atoms with van der Waals surface area (Å²) in [5, 5.41) is 3.21. The van der Waals surface area contributed by atoms with Gasteiger partial charge in [-0.1, -0.05) is 0 Å². The molecule has 0 bridgehead atoms. The maximum atomic E-state index is 11.9. The Labute approximate surface area is 85.6 Å². The van der Waals surface area contributed by atoms with Gasteiger partial charge in [-0.05, 0) is 19.9 Å². The maximum Gasteiger partial charge on any atom is 0.227 e. The number of rotatable bonds is 5. The normalized spacial score (nSPS) is 21.1. The van der Waals surface area contributed by atoms with E-state index in [1.54, 1.807) is 7.11 Å². The zero-order valence-corrected chi connectivity index (χ0v) is 9.08. The van der Waals surface area contributed by atoms with Gasteiger partial charge in [-0.15, -0.1) is 0 Å². The van der Waals surface area contributed by atoms with Crippen molar-refractivity contribution >= 4 is 5.91 Å². The van der Waals surface area contributed by atoms with Crippen LogP contribution < -0.4 is 5.32 Å². The second-order valence-corrected chi connectivity index (χ2v) is 3.60. The maximum absolute atomic E-state index is 11.9. The third-order valence-corrected chi connectivity index (χ3v) is 2.67. The molecule has 1 saturated heterocycles. The van der Waals surface area contributed by atoms with E-state index in [0.29, 0.717) is 13.2 Å². The Hall–Kier alpha value is -0.610. The molecule has 4 nitrogen and oxygen atoms in total. The average Bonchev–Trinajstić information content (AvgIpc) is 2.71. The molecule has 1 N–H and O–H groups in total. The van der Waals surface area contributed by atoms with Crippen molar-refractivity contribution in [3.63, 3.8) is 0 Å². The molecule has 1 heterocycles. The Bertz CT molecular complexity index is 179. The van der Waals surface area contributed by atoms with E-state index >= 15 is 0 Å². The van der Waals surface area contributed by atoms with E-state index in [0.717, 1.165) is 26.1 Å². The van der Waals surface area contributed by atoms with Crippen LogP contribution in [0.3, 0.4) is 0 Å². The van der Waals surface area contributed by atoms with Crippen LogP contribution in [0.2, 0.25) is 0 Å². The minimum atomic E-state index is 0.187. The van der Waals surface area contributed by atoms with Crippen molar-refractivity contribution in [3.8, 4) is 0 Å². The third kappa shape index (κ3) is 2.96. The molecule has 1 atom stereocenters. The number of nitrogens with zero attached hydrogens (tertiary/aromatic N) is 1. The van der Waals surface area contributed by atoms with Gasteiger partial charge in [-0.3, -0.25) is 4.79 Å². The fraction of sp³-hybridized carbons (Fsp3) is 0.900. The molecule has 82 valence electrons. The number of amides is 1. The van der Waals surface area contributed by atoms with Crippen molar-refractivity contribution < 1.29 is 9.53 Å². The highest BCUT2D eigenvalue weighted by atomic mass is 16.5. The lowest BCUT2D eigenvalue weighted by Crippen LogP contribution is -2.38. The van der Waals surface area contributed by atoms with Crippen LogP contribution in [0.1, 0.15) is 13.3 Å². The first-order valence-corrected chi connectivity index (χ1v) is 5.28. The summed E-state index contributed by atoms with van der Waals surface area (Å²) in [4.78, 5) is 13.8. The van der Waals surface area contributed by atoms with Crippen LogP contribution in [-0.4, -0.2) is 50.7 Å². The van der Waals surface area contributed by atoms with Gasteiger partial charge >= 0.3 is 0 Å². The minimum Gasteiger partial charge on any atom is -0.383 e. The monoisotopic (exact) mass is 200 g/mol. The molecule has 0 spiro atoms. The number of hydrogen-bond donors (Lipinski definition) is 1. The average molecular weight is 200 g/mol. The summed E-state index contributed by atoms with van der Waals surface area (Å²) in [6.07, 6.45) is 0.975. The van der Waals surface area contributed by atoms with E-state index < -0.39 is 0 Å². The lowest BCUT2D eigenvalue weighted by molar-refractivity contribution is -0.135. The van der Waals surface area contributed by atoms with Gasteiger partial charge in [0, 0.05) is 26.7 Å². The van der Waals surface area contributed by atoms with Crippen molar-refractivity contribution in [2.45, 2.75) is 13.3 Å². The molecule has 1 fully saturated rings. The van der Waals surface area contributed by atoms with E-state index in [1.807, 2.05) is 11.8 Å². The van der Waals surface area contributed by atoms with Crippen LogP contribution in [0, 0.1) is 5.92 Å². The second kappa shape index (κ2) is 5.98. The molecule has 1 aliphatic heterocycles. The van der Waals surface area contributed by atoms with Crippen molar-refractivity contribution in [2.24, 2.45) is 5.92 Å². The third-order valence-electron chi connectivity index (χ3n) is 2.67. The molecule has 1 unspecified atom stereocenters. The van der Waals surface area contributed by atoms with Crippen molar-refractivity contribution in [3.05, 3.63) is 0 Å². The Morgan fingerprint density at radius 3 is 2.93 bits per heavy atom. The van der Waals surface area contributed by atoms with E-state index in [9.17, 15) is 4.79 Å². The quantitative estimate of drug-likeness (QED) is 0.684. The van der Waals surface area contributed by atoms with E-state index in [4.69, 9.17) is 4.74 Å². The molecule has 0 aromatic carbocycles. The smallest absolute Gasteiger partial charge is 0.227 e. The Kier molecular flexibility index (Phi) is 4.90. The molecule has 0 aromatic rings. The molecule has 1 amide bonds. The van der Waals surface area contributed by atoms with Gasteiger partial charge in [0.1, 0.15) is 0 Å². The van der Waals surface area contributed by atoms with Gasteiger partial charge in [-0.2, -0.15) is 0 Å². The molecule has 1 rings (SSSR count). The number of hydrogen-bond acceptors (Lipinski definition) is 3. The van der Waals surface area contributed by atoms with Crippen molar-refractivity contribution in [2.75, 3.05) is 39.9 Å². The highest BCUT2D eigenvalue weighted by molar-refractivity contribution is 5.79. The number of methoxy groups -OCH3 is 1. The molecular weight excluding hydrogens is 180 g/mol. The van der Waals surface area contributed by atoms with E-state index in [-0.39, 0.29) is 11.8 Å². The number of carbonyl (C=O) groups is 1. The fourth-order valence-corrected chi connectivity index (χ4v) is 1.75. The standard InChI is InChI=1S/C10H20N2O2/c1-3-12(6-7-14-2)10(13)9-4-5-11-8-9/h9,11H,3-8H2,1-2H3. The van der Waals surface area contributed by atoms with Crippen LogP contribution in [0.5, 0.6) is 0 Å². The van der Waals surface area contributed by atoms with Crippen LogP contribution >= 0.6 is 0 Å².